The van der Waals surface area contributed by atoms with Gasteiger partial charge in [0.05, 0.1) is 6.04 Å². The van der Waals surface area contributed by atoms with Crippen LogP contribution in [0.4, 0.5) is 0 Å². The molecule has 7 nitrogen and oxygen atoms in total. The quantitative estimate of drug-likeness (QED) is 0.886. The second-order valence-corrected chi connectivity index (χ2v) is 5.29. The van der Waals surface area contributed by atoms with Gasteiger partial charge in [-0.25, -0.2) is 0 Å². The molecule has 0 aromatic carbocycles. The molecule has 2 aromatic heterocycles. The lowest BCUT2D eigenvalue weighted by Gasteiger charge is -2.14. The summed E-state index contributed by atoms with van der Waals surface area (Å²) in [6.45, 7) is 2.76. The molecule has 2 aromatic rings. The van der Waals surface area contributed by atoms with E-state index in [1.165, 1.54) is 10.6 Å². The average Bonchev–Trinajstić information content (AvgIpc) is 3.04. The summed E-state index contributed by atoms with van der Waals surface area (Å²) in [5.74, 6) is 1.45. The number of hydrogen-bond acceptors (Lipinski definition) is 4. The van der Waals surface area contributed by atoms with E-state index in [4.69, 9.17) is 0 Å². The first-order valence-corrected chi connectivity index (χ1v) is 6.96. The molecule has 7 heteroatoms. The fourth-order valence-electron chi connectivity index (χ4n) is 2.53. The minimum absolute atomic E-state index is 0.210. The van der Waals surface area contributed by atoms with Gasteiger partial charge in [-0.05, 0) is 19.4 Å². The number of fused-ring (bicyclic) bond motifs is 1. The maximum atomic E-state index is 12.2. The molecule has 3 rings (SSSR count). The zero-order valence-electron chi connectivity index (χ0n) is 12.0. The van der Waals surface area contributed by atoms with Crippen molar-refractivity contribution in [2.75, 3.05) is 0 Å². The van der Waals surface area contributed by atoms with Gasteiger partial charge in [-0.3, -0.25) is 9.59 Å². The van der Waals surface area contributed by atoms with Crippen LogP contribution < -0.4 is 10.9 Å². The number of carbonyl (C=O) groups is 1. The van der Waals surface area contributed by atoms with Gasteiger partial charge in [-0.2, -0.15) is 0 Å². The Kier molecular flexibility index (Phi) is 3.32. The molecule has 0 bridgehead atoms. The van der Waals surface area contributed by atoms with Gasteiger partial charge in [0.2, 0.25) is 0 Å². The zero-order chi connectivity index (χ0) is 15.0. The summed E-state index contributed by atoms with van der Waals surface area (Å²) in [5, 5.41) is 11.1. The van der Waals surface area contributed by atoms with Crippen LogP contribution in [-0.4, -0.2) is 25.2 Å². The Hall–Kier alpha value is -2.44. The first-order chi connectivity index (χ1) is 10.1. The summed E-state index contributed by atoms with van der Waals surface area (Å²) in [4.78, 5) is 23.8. The van der Waals surface area contributed by atoms with Crippen molar-refractivity contribution in [3.05, 3.63) is 45.9 Å². The van der Waals surface area contributed by atoms with Crippen molar-refractivity contribution < 1.29 is 4.79 Å². The third kappa shape index (κ3) is 2.46. The first-order valence-electron chi connectivity index (χ1n) is 6.96. The number of pyridine rings is 1. The summed E-state index contributed by atoms with van der Waals surface area (Å²) >= 11 is 0. The number of amides is 1. The van der Waals surface area contributed by atoms with Gasteiger partial charge < -0.3 is 14.5 Å². The summed E-state index contributed by atoms with van der Waals surface area (Å²) in [6.07, 6.45) is 3.58. The second-order valence-electron chi connectivity index (χ2n) is 5.29. The Balaban J connectivity index is 1.77. The minimum atomic E-state index is -0.282. The Bertz CT molecular complexity index is 746. The third-order valence-electron chi connectivity index (χ3n) is 3.74. The molecule has 0 spiro atoms. The average molecular weight is 287 g/mol. The van der Waals surface area contributed by atoms with Crippen LogP contribution in [0.25, 0.3) is 0 Å². The van der Waals surface area contributed by atoms with Crippen molar-refractivity contribution in [2.24, 2.45) is 7.05 Å². The lowest BCUT2D eigenvalue weighted by atomic mass is 10.2. The van der Waals surface area contributed by atoms with E-state index in [0.717, 1.165) is 31.0 Å². The standard InChI is InChI=1S/C14H17N5O2/c1-9(13-17-16-11-4-3-6-19(11)13)15-14(21)10-5-7-18(2)12(20)8-10/h5,7-9H,3-4,6H2,1-2H3,(H,15,21). The molecule has 21 heavy (non-hydrogen) atoms. The largest absolute Gasteiger partial charge is 0.342 e. The number of hydrogen-bond donors (Lipinski definition) is 1. The van der Waals surface area contributed by atoms with Gasteiger partial charge in [0.25, 0.3) is 11.5 Å². The first kappa shape index (κ1) is 13.5. The lowest BCUT2D eigenvalue weighted by Crippen LogP contribution is -2.30. The van der Waals surface area contributed by atoms with E-state index in [0.29, 0.717) is 5.56 Å². The highest BCUT2D eigenvalue weighted by Crippen LogP contribution is 2.19. The van der Waals surface area contributed by atoms with E-state index in [1.807, 2.05) is 6.92 Å². The van der Waals surface area contributed by atoms with Crippen LogP contribution in [0.2, 0.25) is 0 Å². The minimum Gasteiger partial charge on any atom is -0.342 e. The van der Waals surface area contributed by atoms with Gasteiger partial charge >= 0.3 is 0 Å². The van der Waals surface area contributed by atoms with Gasteiger partial charge in [-0.15, -0.1) is 10.2 Å². The predicted molar refractivity (Wildman–Crippen MR) is 75.9 cm³/mol. The number of aryl methyl sites for hydroxylation is 2. The summed E-state index contributed by atoms with van der Waals surface area (Å²) in [6, 6.07) is 2.70. The highest BCUT2D eigenvalue weighted by molar-refractivity contribution is 5.94. The molecule has 3 heterocycles. The molecule has 0 aliphatic carbocycles. The van der Waals surface area contributed by atoms with Crippen LogP contribution in [-0.2, 0) is 20.0 Å². The van der Waals surface area contributed by atoms with Crippen LogP contribution >= 0.6 is 0 Å². The van der Waals surface area contributed by atoms with E-state index < -0.39 is 0 Å². The van der Waals surface area contributed by atoms with E-state index >= 15 is 0 Å². The molecule has 1 N–H and O–H groups in total. The fraction of sp³-hybridized carbons (Fsp3) is 0.429. The number of aromatic nitrogens is 4. The van der Waals surface area contributed by atoms with E-state index in [1.54, 1.807) is 19.3 Å². The molecule has 0 fully saturated rings. The molecule has 1 aliphatic heterocycles. The number of carbonyl (C=O) groups excluding carboxylic acids is 1. The molecule has 0 radical (unpaired) electrons. The topological polar surface area (TPSA) is 81.8 Å². The van der Waals surface area contributed by atoms with Gasteiger partial charge in [-0.1, -0.05) is 0 Å². The zero-order valence-corrected chi connectivity index (χ0v) is 12.0. The summed E-state index contributed by atoms with van der Waals surface area (Å²) in [5.41, 5.74) is 0.143. The van der Waals surface area contributed by atoms with Crippen molar-refractivity contribution >= 4 is 5.91 Å². The van der Waals surface area contributed by atoms with E-state index in [-0.39, 0.29) is 17.5 Å². The Morgan fingerprint density at radius 2 is 2.24 bits per heavy atom. The van der Waals surface area contributed by atoms with Crippen LogP contribution in [0.1, 0.15) is 41.4 Å². The van der Waals surface area contributed by atoms with Crippen molar-refractivity contribution in [1.29, 1.82) is 0 Å². The van der Waals surface area contributed by atoms with E-state index in [9.17, 15) is 9.59 Å². The Morgan fingerprint density at radius 1 is 1.43 bits per heavy atom. The predicted octanol–water partition coefficient (Wildman–Crippen LogP) is 0.414. The normalized spacial score (nSPS) is 14.8. The highest BCUT2D eigenvalue weighted by Gasteiger charge is 2.22. The van der Waals surface area contributed by atoms with Crippen molar-refractivity contribution in [3.8, 4) is 0 Å². The van der Waals surface area contributed by atoms with Crippen molar-refractivity contribution in [1.82, 2.24) is 24.6 Å². The van der Waals surface area contributed by atoms with Gasteiger partial charge in [0.1, 0.15) is 5.82 Å². The molecule has 110 valence electrons. The molecular formula is C14H17N5O2. The van der Waals surface area contributed by atoms with Crippen LogP contribution in [0, 0.1) is 0 Å². The lowest BCUT2D eigenvalue weighted by molar-refractivity contribution is 0.0937. The maximum Gasteiger partial charge on any atom is 0.252 e. The smallest absolute Gasteiger partial charge is 0.252 e. The number of nitrogens with zero attached hydrogens (tertiary/aromatic N) is 4. The van der Waals surface area contributed by atoms with E-state index in [2.05, 4.69) is 20.1 Å². The van der Waals surface area contributed by atoms with Crippen molar-refractivity contribution in [2.45, 2.75) is 32.4 Å². The van der Waals surface area contributed by atoms with Crippen LogP contribution in [0.15, 0.2) is 23.1 Å². The molecular weight excluding hydrogens is 270 g/mol. The Morgan fingerprint density at radius 3 is 3.00 bits per heavy atom. The summed E-state index contributed by atoms with van der Waals surface area (Å²) < 4.78 is 3.47. The molecule has 1 atom stereocenters. The summed E-state index contributed by atoms with van der Waals surface area (Å²) in [7, 11) is 1.64. The molecule has 0 saturated carbocycles. The van der Waals surface area contributed by atoms with Gasteiger partial charge in [0, 0.05) is 37.8 Å². The fourth-order valence-corrected chi connectivity index (χ4v) is 2.53. The maximum absolute atomic E-state index is 12.2. The van der Waals surface area contributed by atoms with Crippen molar-refractivity contribution in [3.63, 3.8) is 0 Å². The SMILES string of the molecule is CC(NC(=O)c1ccn(C)c(=O)c1)c1nnc2n1CCC2. The molecule has 1 amide bonds. The number of nitrogens with one attached hydrogen (secondary N) is 1. The van der Waals surface area contributed by atoms with Crippen LogP contribution in [0.3, 0.4) is 0 Å². The van der Waals surface area contributed by atoms with Crippen LogP contribution in [0.5, 0.6) is 0 Å². The molecule has 0 saturated heterocycles. The third-order valence-corrected chi connectivity index (χ3v) is 3.74. The highest BCUT2D eigenvalue weighted by atomic mass is 16.2. The van der Waals surface area contributed by atoms with Gasteiger partial charge in [0.15, 0.2) is 5.82 Å². The Labute approximate surface area is 121 Å². The number of rotatable bonds is 3. The molecule has 1 aliphatic rings. The molecule has 1 unspecified atom stereocenters. The second kappa shape index (κ2) is 5.16. The monoisotopic (exact) mass is 287 g/mol.